The molecule has 1 fully saturated rings. The van der Waals surface area contributed by atoms with Crippen LogP contribution in [-0.4, -0.2) is 31.1 Å². The van der Waals surface area contributed by atoms with Crippen LogP contribution in [0.25, 0.3) is 0 Å². The third-order valence-corrected chi connectivity index (χ3v) is 2.03. The molecule has 6 nitrogen and oxygen atoms in total. The highest BCUT2D eigenvalue weighted by atomic mass is 16.6. The van der Waals surface area contributed by atoms with E-state index in [2.05, 4.69) is 0 Å². The summed E-state index contributed by atoms with van der Waals surface area (Å²) in [6.45, 7) is 3.49. The molecule has 94 valence electrons. The molecule has 0 atom stereocenters. The molecule has 0 amide bonds. The molecule has 1 heterocycles. The molecular formula is C11H14O6. The van der Waals surface area contributed by atoms with Crippen molar-refractivity contribution >= 4 is 17.9 Å². The Morgan fingerprint density at radius 1 is 1.12 bits per heavy atom. The zero-order chi connectivity index (χ0) is 12.8. The Hall–Kier alpha value is -1.85. The maximum absolute atomic E-state index is 11.6. The van der Waals surface area contributed by atoms with E-state index in [1.54, 1.807) is 13.8 Å². The number of esters is 3. The highest BCUT2D eigenvalue weighted by Gasteiger charge is 2.31. The van der Waals surface area contributed by atoms with Crippen LogP contribution in [0.4, 0.5) is 0 Å². The first-order valence-corrected chi connectivity index (χ1v) is 5.38. The summed E-state index contributed by atoms with van der Waals surface area (Å²) in [5.41, 5.74) is -0.320. The van der Waals surface area contributed by atoms with Crippen LogP contribution in [0.5, 0.6) is 0 Å². The number of hydrogen-bond acceptors (Lipinski definition) is 6. The number of ether oxygens (including phenoxy) is 3. The Morgan fingerprint density at radius 3 is 2.00 bits per heavy atom. The molecule has 0 radical (unpaired) electrons. The smallest absolute Gasteiger partial charge is 0.349 e. The molecule has 0 spiro atoms. The molecule has 0 bridgehead atoms. The van der Waals surface area contributed by atoms with E-state index in [-0.39, 0.29) is 37.4 Å². The fraction of sp³-hybridized carbons (Fsp3) is 0.545. The molecule has 6 heteroatoms. The maximum Gasteiger partial charge on any atom is 0.349 e. The van der Waals surface area contributed by atoms with Gasteiger partial charge in [0.1, 0.15) is 5.76 Å². The van der Waals surface area contributed by atoms with Crippen LogP contribution in [0, 0.1) is 0 Å². The molecule has 17 heavy (non-hydrogen) atoms. The lowest BCUT2D eigenvalue weighted by molar-refractivity contribution is -0.147. The van der Waals surface area contributed by atoms with E-state index in [4.69, 9.17) is 14.2 Å². The molecular weight excluding hydrogens is 228 g/mol. The number of cyclic esters (lactones) is 1. The van der Waals surface area contributed by atoms with Gasteiger partial charge in [-0.15, -0.1) is 0 Å². The molecule has 0 aromatic heterocycles. The van der Waals surface area contributed by atoms with Crippen molar-refractivity contribution in [2.45, 2.75) is 26.7 Å². The van der Waals surface area contributed by atoms with Crippen molar-refractivity contribution in [3.8, 4) is 0 Å². The van der Waals surface area contributed by atoms with Gasteiger partial charge in [-0.25, -0.2) is 9.59 Å². The van der Waals surface area contributed by atoms with Crippen LogP contribution in [0.15, 0.2) is 11.3 Å². The highest BCUT2D eigenvalue weighted by Crippen LogP contribution is 2.23. The van der Waals surface area contributed by atoms with Crippen molar-refractivity contribution < 1.29 is 28.6 Å². The standard InChI is InChI=1S/C11H14O6/c1-3-15-10(13)9(11(14)16-4-2)7-5-6-8(12)17-7/h3-6H2,1-2H3. The number of carbonyl (C=O) groups is 3. The summed E-state index contributed by atoms with van der Waals surface area (Å²) in [5, 5.41) is 0. The molecule has 0 aliphatic carbocycles. The second-order valence-electron chi connectivity index (χ2n) is 3.21. The van der Waals surface area contributed by atoms with Gasteiger partial charge in [0.25, 0.3) is 0 Å². The van der Waals surface area contributed by atoms with E-state index in [0.717, 1.165) is 0 Å². The van der Waals surface area contributed by atoms with Crippen molar-refractivity contribution in [2.24, 2.45) is 0 Å². The van der Waals surface area contributed by atoms with Crippen LogP contribution in [0.2, 0.25) is 0 Å². The zero-order valence-corrected chi connectivity index (χ0v) is 9.78. The van der Waals surface area contributed by atoms with Crippen molar-refractivity contribution in [1.82, 2.24) is 0 Å². The summed E-state index contributed by atoms with van der Waals surface area (Å²) in [4.78, 5) is 34.1. The lowest BCUT2D eigenvalue weighted by atomic mass is 10.2. The van der Waals surface area contributed by atoms with Crippen LogP contribution in [0.3, 0.4) is 0 Å². The van der Waals surface area contributed by atoms with Gasteiger partial charge in [0.2, 0.25) is 0 Å². The van der Waals surface area contributed by atoms with Crippen molar-refractivity contribution in [3.63, 3.8) is 0 Å². The van der Waals surface area contributed by atoms with Crippen molar-refractivity contribution in [2.75, 3.05) is 13.2 Å². The van der Waals surface area contributed by atoms with E-state index in [9.17, 15) is 14.4 Å². The Labute approximate surface area is 98.5 Å². The highest BCUT2D eigenvalue weighted by molar-refractivity contribution is 6.14. The molecule has 1 aliphatic rings. The van der Waals surface area contributed by atoms with Crippen LogP contribution in [-0.2, 0) is 28.6 Å². The molecule has 1 aliphatic heterocycles. The van der Waals surface area contributed by atoms with Gasteiger partial charge in [0.15, 0.2) is 5.57 Å². The lowest BCUT2D eigenvalue weighted by Gasteiger charge is -2.08. The first-order valence-electron chi connectivity index (χ1n) is 5.38. The second-order valence-corrected chi connectivity index (χ2v) is 3.21. The third kappa shape index (κ3) is 3.30. The molecule has 0 aromatic carbocycles. The van der Waals surface area contributed by atoms with Gasteiger partial charge in [-0.05, 0) is 13.8 Å². The fourth-order valence-corrected chi connectivity index (χ4v) is 1.35. The third-order valence-electron chi connectivity index (χ3n) is 2.03. The average Bonchev–Trinajstić information content (AvgIpc) is 2.66. The molecule has 0 N–H and O–H groups in total. The van der Waals surface area contributed by atoms with Gasteiger partial charge in [-0.1, -0.05) is 0 Å². The van der Waals surface area contributed by atoms with E-state index >= 15 is 0 Å². The maximum atomic E-state index is 11.6. The summed E-state index contributed by atoms with van der Waals surface area (Å²) in [7, 11) is 0. The quantitative estimate of drug-likeness (QED) is 0.237. The van der Waals surface area contributed by atoms with Gasteiger partial charge in [0.05, 0.1) is 19.6 Å². The Kier molecular flexibility index (Phi) is 4.68. The molecule has 1 rings (SSSR count). The Bertz CT molecular complexity index is 348. The number of allylic oxidation sites excluding steroid dienone is 1. The minimum atomic E-state index is -0.823. The van der Waals surface area contributed by atoms with E-state index < -0.39 is 17.9 Å². The first kappa shape index (κ1) is 13.2. The monoisotopic (exact) mass is 242 g/mol. The summed E-state index contributed by atoms with van der Waals surface area (Å²) in [6.07, 6.45) is 0.365. The minimum Gasteiger partial charge on any atom is -0.462 e. The summed E-state index contributed by atoms with van der Waals surface area (Å²) >= 11 is 0. The fourth-order valence-electron chi connectivity index (χ4n) is 1.35. The van der Waals surface area contributed by atoms with Gasteiger partial charge >= 0.3 is 17.9 Å². The van der Waals surface area contributed by atoms with E-state index in [1.165, 1.54) is 0 Å². The van der Waals surface area contributed by atoms with Gasteiger partial charge < -0.3 is 14.2 Å². The number of rotatable bonds is 4. The van der Waals surface area contributed by atoms with Crippen LogP contribution in [0.1, 0.15) is 26.7 Å². The summed E-state index contributed by atoms with van der Waals surface area (Å²) < 4.78 is 14.3. The van der Waals surface area contributed by atoms with E-state index in [0.29, 0.717) is 0 Å². The molecule has 0 saturated carbocycles. The topological polar surface area (TPSA) is 78.9 Å². The summed E-state index contributed by atoms with van der Waals surface area (Å²) in [5.74, 6) is -2.08. The summed E-state index contributed by atoms with van der Waals surface area (Å²) in [6, 6.07) is 0. The lowest BCUT2D eigenvalue weighted by Crippen LogP contribution is -2.20. The Morgan fingerprint density at radius 2 is 1.65 bits per heavy atom. The molecule has 0 aromatic rings. The Balaban J connectivity index is 2.97. The first-order chi connectivity index (χ1) is 8.10. The van der Waals surface area contributed by atoms with Crippen molar-refractivity contribution in [1.29, 1.82) is 0 Å². The SMILES string of the molecule is CCOC(=O)C(C(=O)OCC)=C1CCC(=O)O1. The average molecular weight is 242 g/mol. The van der Waals surface area contributed by atoms with Crippen LogP contribution >= 0.6 is 0 Å². The second kappa shape index (κ2) is 6.03. The number of carbonyl (C=O) groups excluding carboxylic acids is 3. The number of hydrogen-bond donors (Lipinski definition) is 0. The predicted molar refractivity (Wildman–Crippen MR) is 55.6 cm³/mol. The molecule has 0 unspecified atom stereocenters. The predicted octanol–water partition coefficient (Wildman–Crippen LogP) is 0.704. The minimum absolute atomic E-state index is 0.0342. The molecule has 1 saturated heterocycles. The normalized spacial score (nSPS) is 14.2. The van der Waals surface area contributed by atoms with Gasteiger partial charge in [0, 0.05) is 6.42 Å². The zero-order valence-electron chi connectivity index (χ0n) is 9.78. The van der Waals surface area contributed by atoms with E-state index in [1.807, 2.05) is 0 Å². The largest absolute Gasteiger partial charge is 0.462 e. The van der Waals surface area contributed by atoms with Gasteiger partial charge in [-0.3, -0.25) is 4.79 Å². The van der Waals surface area contributed by atoms with Crippen LogP contribution < -0.4 is 0 Å². The van der Waals surface area contributed by atoms with Crippen molar-refractivity contribution in [3.05, 3.63) is 11.3 Å². The van der Waals surface area contributed by atoms with Gasteiger partial charge in [-0.2, -0.15) is 0 Å².